The molecule has 20 heavy (non-hydrogen) atoms. The minimum absolute atomic E-state index is 0.0280. The Morgan fingerprint density at radius 2 is 1.95 bits per heavy atom. The number of sulfonamides is 1. The van der Waals surface area contributed by atoms with Crippen LogP contribution >= 0.6 is 39.1 Å². The number of halogens is 3. The Morgan fingerprint density at radius 3 is 2.55 bits per heavy atom. The molecule has 0 saturated carbocycles. The molecule has 0 amide bonds. The predicted molar refractivity (Wildman–Crippen MR) is 81.5 cm³/mol. The van der Waals surface area contributed by atoms with Crippen molar-refractivity contribution in [2.24, 2.45) is 0 Å². The lowest BCUT2D eigenvalue weighted by Crippen LogP contribution is -2.26. The largest absolute Gasteiger partial charge is 0.453 e. The molecule has 1 heterocycles. The lowest BCUT2D eigenvalue weighted by atomic mass is 10.4. The summed E-state index contributed by atoms with van der Waals surface area (Å²) in [6.45, 7) is 0.0940. The fourth-order valence-electron chi connectivity index (χ4n) is 1.58. The average molecular weight is 399 g/mol. The van der Waals surface area contributed by atoms with Crippen molar-refractivity contribution in [1.29, 1.82) is 0 Å². The van der Waals surface area contributed by atoms with Gasteiger partial charge in [0.2, 0.25) is 10.0 Å². The summed E-state index contributed by atoms with van der Waals surface area (Å²) >= 11 is 14.9. The van der Waals surface area contributed by atoms with Gasteiger partial charge >= 0.3 is 0 Å². The number of hydrogen-bond donors (Lipinski definition) is 0. The van der Waals surface area contributed by atoms with Crippen molar-refractivity contribution >= 4 is 49.2 Å². The first kappa shape index (κ1) is 15.9. The van der Waals surface area contributed by atoms with Crippen LogP contribution in [-0.4, -0.2) is 19.8 Å². The number of hydrogen-bond acceptors (Lipinski definition) is 3. The monoisotopic (exact) mass is 397 g/mol. The Balaban J connectivity index is 2.32. The maximum Gasteiger partial charge on any atom is 0.244 e. The highest BCUT2D eigenvalue weighted by Gasteiger charge is 2.24. The molecule has 0 aliphatic heterocycles. The normalized spacial score (nSPS) is 12.1. The standard InChI is InChI=1S/C12H10BrCl2NO3S/c1-16(7-9-3-5-12(13)19-9)20(17,18)11-6-8(14)2-4-10(11)15/h2-6H,7H2,1H3. The highest BCUT2D eigenvalue weighted by Crippen LogP contribution is 2.28. The summed E-state index contributed by atoms with van der Waals surface area (Å²) in [4.78, 5) is -0.0280. The third-order valence-electron chi connectivity index (χ3n) is 2.59. The number of benzene rings is 1. The van der Waals surface area contributed by atoms with Crippen LogP contribution in [0.1, 0.15) is 5.76 Å². The summed E-state index contributed by atoms with van der Waals surface area (Å²) in [6.07, 6.45) is 0. The molecule has 0 bridgehead atoms. The Hall–Kier alpha value is -0.530. The molecule has 0 unspecified atom stereocenters. The molecular weight excluding hydrogens is 389 g/mol. The predicted octanol–water partition coefficient (Wildman–Crippen LogP) is 4.17. The van der Waals surface area contributed by atoms with Crippen molar-refractivity contribution in [1.82, 2.24) is 4.31 Å². The number of nitrogens with zero attached hydrogens (tertiary/aromatic N) is 1. The van der Waals surface area contributed by atoms with E-state index >= 15 is 0 Å². The molecule has 0 saturated heterocycles. The van der Waals surface area contributed by atoms with E-state index in [9.17, 15) is 8.42 Å². The molecule has 2 rings (SSSR count). The van der Waals surface area contributed by atoms with E-state index in [0.717, 1.165) is 4.31 Å². The zero-order valence-corrected chi connectivity index (χ0v) is 14.2. The zero-order chi connectivity index (χ0) is 14.9. The molecule has 0 fully saturated rings. The van der Waals surface area contributed by atoms with E-state index in [-0.39, 0.29) is 16.5 Å². The van der Waals surface area contributed by atoms with E-state index < -0.39 is 10.0 Å². The maximum atomic E-state index is 12.4. The van der Waals surface area contributed by atoms with Crippen LogP contribution in [0.5, 0.6) is 0 Å². The lowest BCUT2D eigenvalue weighted by molar-refractivity contribution is 0.398. The molecule has 0 radical (unpaired) electrons. The van der Waals surface area contributed by atoms with E-state index in [0.29, 0.717) is 15.5 Å². The van der Waals surface area contributed by atoms with Crippen LogP contribution in [0.15, 0.2) is 44.3 Å². The van der Waals surface area contributed by atoms with Crippen molar-refractivity contribution in [2.75, 3.05) is 7.05 Å². The van der Waals surface area contributed by atoms with Gasteiger partial charge in [0.1, 0.15) is 10.7 Å². The molecule has 0 atom stereocenters. The highest BCUT2D eigenvalue weighted by atomic mass is 79.9. The second kappa shape index (κ2) is 6.07. The van der Waals surface area contributed by atoms with Crippen LogP contribution < -0.4 is 0 Å². The van der Waals surface area contributed by atoms with E-state index in [4.69, 9.17) is 27.6 Å². The summed E-state index contributed by atoms with van der Waals surface area (Å²) in [5.41, 5.74) is 0. The smallest absolute Gasteiger partial charge is 0.244 e. The van der Waals surface area contributed by atoms with Crippen LogP contribution in [0, 0.1) is 0 Å². The molecule has 108 valence electrons. The number of furan rings is 1. The van der Waals surface area contributed by atoms with Crippen molar-refractivity contribution in [3.8, 4) is 0 Å². The maximum absolute atomic E-state index is 12.4. The first-order chi connectivity index (χ1) is 9.30. The van der Waals surface area contributed by atoms with E-state index in [1.165, 1.54) is 25.2 Å². The summed E-state index contributed by atoms with van der Waals surface area (Å²) in [7, 11) is -2.29. The van der Waals surface area contributed by atoms with Crippen molar-refractivity contribution in [2.45, 2.75) is 11.4 Å². The zero-order valence-electron chi connectivity index (χ0n) is 10.3. The Kier molecular flexibility index (Phi) is 4.81. The first-order valence-corrected chi connectivity index (χ1v) is 8.45. The van der Waals surface area contributed by atoms with Gasteiger partial charge < -0.3 is 4.42 Å². The van der Waals surface area contributed by atoms with Gasteiger partial charge in [-0.05, 0) is 46.3 Å². The van der Waals surface area contributed by atoms with Crippen LogP contribution in [-0.2, 0) is 16.6 Å². The minimum Gasteiger partial charge on any atom is -0.453 e. The quantitative estimate of drug-likeness (QED) is 0.776. The van der Waals surface area contributed by atoms with Gasteiger partial charge in [0.15, 0.2) is 4.67 Å². The third kappa shape index (κ3) is 3.38. The topological polar surface area (TPSA) is 50.5 Å². The molecule has 0 aliphatic carbocycles. The summed E-state index contributed by atoms with van der Waals surface area (Å²) in [5.74, 6) is 0.515. The van der Waals surface area contributed by atoms with Gasteiger partial charge in [0.05, 0.1) is 11.6 Å². The first-order valence-electron chi connectivity index (χ1n) is 5.46. The summed E-state index contributed by atoms with van der Waals surface area (Å²) < 4.78 is 31.9. The summed E-state index contributed by atoms with van der Waals surface area (Å²) in [6, 6.07) is 7.70. The van der Waals surface area contributed by atoms with Crippen molar-refractivity contribution in [3.05, 3.63) is 50.8 Å². The fraction of sp³-hybridized carbons (Fsp3) is 0.167. The van der Waals surface area contributed by atoms with E-state index in [1.54, 1.807) is 12.1 Å². The van der Waals surface area contributed by atoms with Gasteiger partial charge in [-0.1, -0.05) is 23.2 Å². The van der Waals surface area contributed by atoms with Gasteiger partial charge in [-0.25, -0.2) is 8.42 Å². The van der Waals surface area contributed by atoms with E-state index in [1.807, 2.05) is 0 Å². The highest BCUT2D eigenvalue weighted by molar-refractivity contribution is 9.10. The number of rotatable bonds is 4. The molecule has 0 aliphatic rings. The van der Waals surface area contributed by atoms with E-state index in [2.05, 4.69) is 15.9 Å². The van der Waals surface area contributed by atoms with Crippen LogP contribution in [0.3, 0.4) is 0 Å². The average Bonchev–Trinajstić information content (AvgIpc) is 2.77. The Bertz CT molecular complexity index is 730. The van der Waals surface area contributed by atoms with Gasteiger partial charge in [0.25, 0.3) is 0 Å². The fourth-order valence-corrected chi connectivity index (χ4v) is 3.79. The van der Waals surface area contributed by atoms with Crippen molar-refractivity contribution in [3.63, 3.8) is 0 Å². The molecule has 0 spiro atoms. The SMILES string of the molecule is CN(Cc1ccc(Br)o1)S(=O)(=O)c1cc(Cl)ccc1Cl. The second-order valence-electron chi connectivity index (χ2n) is 4.04. The third-order valence-corrected chi connectivity index (χ3v) is 5.54. The van der Waals surface area contributed by atoms with Crippen molar-refractivity contribution < 1.29 is 12.8 Å². The molecule has 1 aromatic heterocycles. The van der Waals surface area contributed by atoms with Gasteiger partial charge in [0, 0.05) is 12.1 Å². The molecule has 1 aromatic carbocycles. The second-order valence-corrected chi connectivity index (χ2v) is 7.68. The van der Waals surface area contributed by atoms with Gasteiger partial charge in [-0.2, -0.15) is 4.31 Å². The summed E-state index contributed by atoms with van der Waals surface area (Å²) in [5, 5.41) is 0.434. The molecule has 8 heteroatoms. The van der Waals surface area contributed by atoms with Crippen LogP contribution in [0.2, 0.25) is 10.0 Å². The van der Waals surface area contributed by atoms with Crippen LogP contribution in [0.4, 0.5) is 0 Å². The molecule has 4 nitrogen and oxygen atoms in total. The Labute approximate surface area is 135 Å². The lowest BCUT2D eigenvalue weighted by Gasteiger charge is -2.17. The molecule has 0 N–H and O–H groups in total. The minimum atomic E-state index is -3.74. The Morgan fingerprint density at radius 1 is 1.25 bits per heavy atom. The van der Waals surface area contributed by atoms with Gasteiger partial charge in [-0.15, -0.1) is 0 Å². The molecular formula is C12H10BrCl2NO3S. The van der Waals surface area contributed by atoms with Gasteiger partial charge in [-0.3, -0.25) is 0 Å². The van der Waals surface area contributed by atoms with Crippen LogP contribution in [0.25, 0.3) is 0 Å². The molecule has 2 aromatic rings.